The van der Waals surface area contributed by atoms with Crippen molar-refractivity contribution in [1.82, 2.24) is 0 Å². The van der Waals surface area contributed by atoms with Gasteiger partial charge in [0.2, 0.25) is 0 Å². The van der Waals surface area contributed by atoms with Crippen molar-refractivity contribution in [3.63, 3.8) is 0 Å². The molecule has 0 radical (unpaired) electrons. The lowest BCUT2D eigenvalue weighted by Crippen LogP contribution is -2.39. The van der Waals surface area contributed by atoms with Gasteiger partial charge < -0.3 is 5.11 Å². The summed E-state index contributed by atoms with van der Waals surface area (Å²) in [5.74, 6) is 0.303. The molecule has 0 aromatic rings. The molecule has 0 amide bonds. The molecule has 0 bridgehead atoms. The van der Waals surface area contributed by atoms with Crippen molar-refractivity contribution in [3.8, 4) is 6.07 Å². The molecule has 2 atom stereocenters. The van der Waals surface area contributed by atoms with Crippen LogP contribution in [0, 0.1) is 22.7 Å². The van der Waals surface area contributed by atoms with Crippen molar-refractivity contribution in [1.29, 1.82) is 5.26 Å². The average molecular weight is 233 g/mol. The van der Waals surface area contributed by atoms with Crippen molar-refractivity contribution in [3.05, 3.63) is 12.2 Å². The molecule has 94 valence electrons. The first kappa shape index (κ1) is 12.6. The lowest BCUT2D eigenvalue weighted by atomic mass is 9.70. The molecule has 2 aliphatic carbocycles. The molecule has 2 unspecified atom stereocenters. The smallest absolute Gasteiger partial charge is 0.0835 e. The number of aliphatic hydroxyl groups excluding tert-OH is 1. The van der Waals surface area contributed by atoms with Gasteiger partial charge in [0.15, 0.2) is 0 Å². The molecule has 2 aliphatic rings. The van der Waals surface area contributed by atoms with Crippen molar-refractivity contribution in [2.24, 2.45) is 11.3 Å². The van der Waals surface area contributed by atoms with Crippen LogP contribution in [0.5, 0.6) is 0 Å². The first-order chi connectivity index (χ1) is 8.28. The Bertz CT molecular complexity index is 307. The second-order valence-corrected chi connectivity index (χ2v) is 5.67. The van der Waals surface area contributed by atoms with Crippen LogP contribution in [0.15, 0.2) is 12.2 Å². The van der Waals surface area contributed by atoms with Gasteiger partial charge >= 0.3 is 0 Å². The van der Waals surface area contributed by atoms with Gasteiger partial charge in [0.1, 0.15) is 0 Å². The summed E-state index contributed by atoms with van der Waals surface area (Å²) in [6, 6.07) is 2.48. The van der Waals surface area contributed by atoms with Crippen LogP contribution >= 0.6 is 0 Å². The number of allylic oxidation sites excluding steroid dienone is 2. The fraction of sp³-hybridized carbons (Fsp3) is 0.800. The topological polar surface area (TPSA) is 44.0 Å². The van der Waals surface area contributed by atoms with Gasteiger partial charge in [-0.15, -0.1) is 0 Å². The highest BCUT2D eigenvalue weighted by atomic mass is 16.3. The van der Waals surface area contributed by atoms with E-state index in [4.69, 9.17) is 0 Å². The van der Waals surface area contributed by atoms with Crippen LogP contribution in [0.25, 0.3) is 0 Å². The fourth-order valence-electron chi connectivity index (χ4n) is 3.39. The molecule has 0 aliphatic heterocycles. The van der Waals surface area contributed by atoms with Crippen LogP contribution in [0.1, 0.15) is 57.8 Å². The highest BCUT2D eigenvalue weighted by Gasteiger charge is 2.42. The predicted octanol–water partition coefficient (Wildman–Crippen LogP) is 3.57. The number of nitriles is 1. The van der Waals surface area contributed by atoms with Crippen LogP contribution < -0.4 is 0 Å². The van der Waals surface area contributed by atoms with E-state index in [-0.39, 0.29) is 0 Å². The van der Waals surface area contributed by atoms with Crippen LogP contribution in [0.3, 0.4) is 0 Å². The third-order valence-electron chi connectivity index (χ3n) is 4.54. The average Bonchev–Trinajstić information content (AvgIpc) is 2.65. The van der Waals surface area contributed by atoms with Gasteiger partial charge in [-0.2, -0.15) is 5.26 Å². The van der Waals surface area contributed by atoms with E-state index in [0.717, 1.165) is 44.9 Å². The molecule has 17 heavy (non-hydrogen) atoms. The summed E-state index contributed by atoms with van der Waals surface area (Å²) in [5.41, 5.74) is -0.452. The maximum absolute atomic E-state index is 10.6. The highest BCUT2D eigenvalue weighted by Crippen LogP contribution is 2.42. The fourth-order valence-corrected chi connectivity index (χ4v) is 3.39. The van der Waals surface area contributed by atoms with Crippen LogP contribution in [-0.4, -0.2) is 11.2 Å². The number of aliphatic hydroxyl groups is 1. The van der Waals surface area contributed by atoms with Crippen LogP contribution in [-0.2, 0) is 0 Å². The zero-order valence-electron chi connectivity index (χ0n) is 10.6. The molecular formula is C15H23NO. The summed E-state index contributed by atoms with van der Waals surface area (Å²) in [5, 5.41) is 20.2. The minimum atomic E-state index is -0.452. The third kappa shape index (κ3) is 2.72. The largest absolute Gasteiger partial charge is 0.391 e. The predicted molar refractivity (Wildman–Crippen MR) is 68.2 cm³/mol. The zero-order chi connectivity index (χ0) is 12.1. The highest BCUT2D eigenvalue weighted by molar-refractivity contribution is 5.07. The van der Waals surface area contributed by atoms with Gasteiger partial charge in [0.25, 0.3) is 0 Å². The summed E-state index contributed by atoms with van der Waals surface area (Å²) in [7, 11) is 0. The second kappa shape index (κ2) is 5.69. The Labute approximate surface area is 104 Å². The second-order valence-electron chi connectivity index (χ2n) is 5.67. The SMILES string of the molecule is N#CC1(C(O)C2CC=CCC2)CCCCCC1. The standard InChI is InChI=1S/C15H23NO/c16-12-15(10-6-1-2-7-11-15)14(17)13-8-4-3-5-9-13/h3-4,13-14,17H,1-2,5-11H2. The molecular weight excluding hydrogens is 210 g/mol. The van der Waals surface area contributed by atoms with Crippen molar-refractivity contribution in [2.45, 2.75) is 63.9 Å². The molecule has 1 fully saturated rings. The maximum Gasteiger partial charge on any atom is 0.0835 e. The molecule has 2 nitrogen and oxygen atoms in total. The lowest BCUT2D eigenvalue weighted by Gasteiger charge is -2.36. The van der Waals surface area contributed by atoms with E-state index in [0.29, 0.717) is 5.92 Å². The number of nitrogens with zero attached hydrogens (tertiary/aromatic N) is 1. The van der Waals surface area contributed by atoms with Gasteiger partial charge in [-0.05, 0) is 38.0 Å². The summed E-state index contributed by atoms with van der Waals surface area (Å²) >= 11 is 0. The van der Waals surface area contributed by atoms with Gasteiger partial charge in [0.05, 0.1) is 17.6 Å². The summed E-state index contributed by atoms with van der Waals surface area (Å²) in [6.07, 6.45) is 13.4. The van der Waals surface area contributed by atoms with E-state index in [1.165, 1.54) is 12.8 Å². The van der Waals surface area contributed by atoms with Crippen LogP contribution in [0.2, 0.25) is 0 Å². The molecule has 1 saturated carbocycles. The monoisotopic (exact) mass is 233 g/mol. The van der Waals surface area contributed by atoms with Crippen molar-refractivity contribution < 1.29 is 5.11 Å². The minimum Gasteiger partial charge on any atom is -0.391 e. The Morgan fingerprint density at radius 2 is 1.88 bits per heavy atom. The number of hydrogen-bond acceptors (Lipinski definition) is 2. The molecule has 0 aromatic heterocycles. The first-order valence-corrected chi connectivity index (χ1v) is 7.03. The van der Waals surface area contributed by atoms with E-state index in [1.54, 1.807) is 0 Å². The third-order valence-corrected chi connectivity index (χ3v) is 4.54. The number of rotatable bonds is 2. The Morgan fingerprint density at radius 3 is 2.41 bits per heavy atom. The Hall–Kier alpha value is -0.810. The van der Waals surface area contributed by atoms with E-state index in [1.807, 2.05) is 0 Å². The molecule has 2 rings (SSSR count). The molecule has 1 N–H and O–H groups in total. The van der Waals surface area contributed by atoms with E-state index in [2.05, 4.69) is 18.2 Å². The van der Waals surface area contributed by atoms with E-state index < -0.39 is 11.5 Å². The van der Waals surface area contributed by atoms with Gasteiger partial charge in [-0.3, -0.25) is 0 Å². The summed E-state index contributed by atoms with van der Waals surface area (Å²) in [4.78, 5) is 0. The maximum atomic E-state index is 10.6. The minimum absolute atomic E-state index is 0.303. The van der Waals surface area contributed by atoms with E-state index >= 15 is 0 Å². The molecule has 2 heteroatoms. The summed E-state index contributed by atoms with van der Waals surface area (Å²) < 4.78 is 0. The Balaban J connectivity index is 2.10. The van der Waals surface area contributed by atoms with Gasteiger partial charge in [-0.1, -0.05) is 37.8 Å². The van der Waals surface area contributed by atoms with Crippen LogP contribution in [0.4, 0.5) is 0 Å². The summed E-state index contributed by atoms with van der Waals surface area (Å²) in [6.45, 7) is 0. The Kier molecular flexibility index (Phi) is 4.23. The lowest BCUT2D eigenvalue weighted by molar-refractivity contribution is 0.000888. The van der Waals surface area contributed by atoms with E-state index in [9.17, 15) is 10.4 Å². The quantitative estimate of drug-likeness (QED) is 0.585. The number of hydrogen-bond donors (Lipinski definition) is 1. The normalized spacial score (nSPS) is 30.2. The molecule has 0 heterocycles. The van der Waals surface area contributed by atoms with Crippen molar-refractivity contribution in [2.75, 3.05) is 0 Å². The first-order valence-electron chi connectivity index (χ1n) is 7.03. The van der Waals surface area contributed by atoms with Gasteiger partial charge in [-0.25, -0.2) is 0 Å². The Morgan fingerprint density at radius 1 is 1.18 bits per heavy atom. The molecule has 0 spiro atoms. The zero-order valence-corrected chi connectivity index (χ0v) is 10.6. The molecule has 0 saturated heterocycles. The molecule has 0 aromatic carbocycles. The van der Waals surface area contributed by atoms with Gasteiger partial charge in [0, 0.05) is 0 Å². The van der Waals surface area contributed by atoms with Crippen molar-refractivity contribution >= 4 is 0 Å².